The molecule has 2 amide bonds. The van der Waals surface area contributed by atoms with Crippen molar-refractivity contribution >= 4 is 29.9 Å². The van der Waals surface area contributed by atoms with Gasteiger partial charge in [0.1, 0.15) is 6.04 Å². The van der Waals surface area contributed by atoms with Gasteiger partial charge in [-0.3, -0.25) is 14.3 Å². The molecule has 122 valence electrons. The minimum Gasteiger partial charge on any atom is -0.344 e. The number of anilines is 1. The fourth-order valence-corrected chi connectivity index (χ4v) is 3.03. The molecule has 0 aliphatic carbocycles. The third kappa shape index (κ3) is 3.59. The summed E-state index contributed by atoms with van der Waals surface area (Å²) < 4.78 is 1.67. The van der Waals surface area contributed by atoms with Crippen molar-refractivity contribution in [1.29, 1.82) is 0 Å². The monoisotopic (exact) mass is 327 g/mol. The fraction of sp³-hybridized carbons (Fsp3) is 0.643. The topological polar surface area (TPSA) is 79.3 Å². The van der Waals surface area contributed by atoms with Gasteiger partial charge in [-0.15, -0.1) is 12.4 Å². The van der Waals surface area contributed by atoms with E-state index >= 15 is 0 Å². The van der Waals surface area contributed by atoms with Crippen molar-refractivity contribution in [2.75, 3.05) is 18.0 Å². The Labute approximate surface area is 135 Å². The predicted octanol–water partition coefficient (Wildman–Crippen LogP) is 0.206. The van der Waals surface area contributed by atoms with Crippen molar-refractivity contribution in [2.24, 2.45) is 7.05 Å². The number of nitrogens with zero attached hydrogens (tertiary/aromatic N) is 3. The molecule has 0 spiro atoms. The summed E-state index contributed by atoms with van der Waals surface area (Å²) in [4.78, 5) is 26.0. The molecule has 2 fully saturated rings. The predicted molar refractivity (Wildman–Crippen MR) is 85.0 cm³/mol. The van der Waals surface area contributed by atoms with Crippen LogP contribution in [0.25, 0.3) is 0 Å². The van der Waals surface area contributed by atoms with Crippen molar-refractivity contribution < 1.29 is 9.59 Å². The van der Waals surface area contributed by atoms with Gasteiger partial charge in [-0.25, -0.2) is 0 Å². The van der Waals surface area contributed by atoms with Gasteiger partial charge < -0.3 is 15.5 Å². The van der Waals surface area contributed by atoms with Crippen LogP contribution in [0.1, 0.15) is 25.7 Å². The molecule has 0 aromatic carbocycles. The largest absolute Gasteiger partial charge is 0.344 e. The van der Waals surface area contributed by atoms with Crippen LogP contribution in [-0.2, 0) is 16.6 Å². The van der Waals surface area contributed by atoms with Gasteiger partial charge in [0, 0.05) is 32.3 Å². The number of hydrogen-bond acceptors (Lipinski definition) is 4. The van der Waals surface area contributed by atoms with Crippen LogP contribution in [0.5, 0.6) is 0 Å². The smallest absolute Gasteiger partial charge is 0.249 e. The van der Waals surface area contributed by atoms with E-state index in [1.54, 1.807) is 15.8 Å². The van der Waals surface area contributed by atoms with E-state index in [0.29, 0.717) is 19.4 Å². The zero-order valence-corrected chi connectivity index (χ0v) is 13.4. The Kier molecular flexibility index (Phi) is 5.42. The number of aryl methyl sites for hydroxylation is 1. The minimum atomic E-state index is -0.404. The lowest BCUT2D eigenvalue weighted by atomic mass is 10.1. The van der Waals surface area contributed by atoms with Gasteiger partial charge in [0.05, 0.1) is 11.9 Å². The summed E-state index contributed by atoms with van der Waals surface area (Å²) >= 11 is 0. The van der Waals surface area contributed by atoms with Crippen LogP contribution < -0.4 is 15.5 Å². The minimum absolute atomic E-state index is 0. The van der Waals surface area contributed by atoms with Crippen molar-refractivity contribution in [3.63, 3.8) is 0 Å². The molecule has 2 atom stereocenters. The molecule has 3 rings (SSSR count). The number of carbonyl (C=O) groups is 2. The van der Waals surface area contributed by atoms with Crippen molar-refractivity contribution in [1.82, 2.24) is 20.4 Å². The molecule has 2 aliphatic heterocycles. The van der Waals surface area contributed by atoms with E-state index in [4.69, 9.17) is 0 Å². The summed E-state index contributed by atoms with van der Waals surface area (Å²) in [7, 11) is 1.82. The van der Waals surface area contributed by atoms with Gasteiger partial charge >= 0.3 is 0 Å². The summed E-state index contributed by atoms with van der Waals surface area (Å²) in [6, 6.07) is -0.143. The highest BCUT2D eigenvalue weighted by Gasteiger charge is 2.34. The zero-order chi connectivity index (χ0) is 14.8. The van der Waals surface area contributed by atoms with Crippen molar-refractivity contribution in [3.05, 3.63) is 12.4 Å². The normalized spacial score (nSPS) is 24.4. The molecule has 0 saturated carbocycles. The van der Waals surface area contributed by atoms with Crippen LogP contribution in [0.3, 0.4) is 0 Å². The first-order chi connectivity index (χ1) is 10.1. The molecule has 0 bridgehead atoms. The van der Waals surface area contributed by atoms with E-state index in [-0.39, 0.29) is 30.3 Å². The Morgan fingerprint density at radius 3 is 2.95 bits per heavy atom. The lowest BCUT2D eigenvalue weighted by Crippen LogP contribution is -2.43. The number of rotatable bonds is 4. The van der Waals surface area contributed by atoms with Gasteiger partial charge in [-0.2, -0.15) is 5.10 Å². The second-order valence-corrected chi connectivity index (χ2v) is 5.77. The van der Waals surface area contributed by atoms with Gasteiger partial charge in [0.25, 0.3) is 0 Å². The lowest BCUT2D eigenvalue weighted by Gasteiger charge is -2.16. The number of hydrogen-bond donors (Lipinski definition) is 2. The Morgan fingerprint density at radius 2 is 2.32 bits per heavy atom. The van der Waals surface area contributed by atoms with Crippen LogP contribution in [-0.4, -0.2) is 46.8 Å². The second-order valence-electron chi connectivity index (χ2n) is 5.77. The highest BCUT2D eigenvalue weighted by Crippen LogP contribution is 2.20. The van der Waals surface area contributed by atoms with E-state index in [2.05, 4.69) is 15.7 Å². The van der Waals surface area contributed by atoms with E-state index in [9.17, 15) is 9.59 Å². The number of aromatic nitrogens is 2. The first kappa shape index (κ1) is 16.8. The highest BCUT2D eigenvalue weighted by molar-refractivity contribution is 6.01. The van der Waals surface area contributed by atoms with Crippen LogP contribution in [0.4, 0.5) is 5.69 Å². The SMILES string of the molecule is Cl.Cn1cc(N2CCC(NC(=O)CC3CCCN3)C2=O)cn1. The maximum Gasteiger partial charge on any atom is 0.249 e. The molecular formula is C14H22ClN5O2. The molecule has 2 N–H and O–H groups in total. The maximum absolute atomic E-state index is 12.3. The zero-order valence-electron chi connectivity index (χ0n) is 12.6. The Morgan fingerprint density at radius 1 is 1.50 bits per heavy atom. The molecule has 7 nitrogen and oxygen atoms in total. The molecule has 2 unspecified atom stereocenters. The first-order valence-corrected chi connectivity index (χ1v) is 7.46. The third-order valence-electron chi connectivity index (χ3n) is 4.14. The molecule has 22 heavy (non-hydrogen) atoms. The molecule has 0 radical (unpaired) electrons. The second kappa shape index (κ2) is 7.11. The standard InChI is InChI=1S/C14H21N5O2.ClH/c1-18-9-11(8-16-18)19-6-4-12(14(19)21)17-13(20)7-10-3-2-5-15-10;/h8-10,12,15H,2-7H2,1H3,(H,17,20);1H. The molecular weight excluding hydrogens is 306 g/mol. The van der Waals surface area contributed by atoms with Crippen molar-refractivity contribution in [2.45, 2.75) is 37.8 Å². The molecule has 1 aromatic heterocycles. The first-order valence-electron chi connectivity index (χ1n) is 7.46. The van der Waals surface area contributed by atoms with E-state index in [1.165, 1.54) is 0 Å². The van der Waals surface area contributed by atoms with E-state index < -0.39 is 6.04 Å². The van der Waals surface area contributed by atoms with Gasteiger partial charge in [-0.05, 0) is 25.8 Å². The molecule has 1 aromatic rings. The van der Waals surface area contributed by atoms with Crippen molar-refractivity contribution in [3.8, 4) is 0 Å². The molecule has 2 saturated heterocycles. The fourth-order valence-electron chi connectivity index (χ4n) is 3.03. The molecule has 3 heterocycles. The van der Waals surface area contributed by atoms with Crippen LogP contribution in [0.2, 0.25) is 0 Å². The summed E-state index contributed by atoms with van der Waals surface area (Å²) in [6.45, 7) is 1.60. The Hall–Kier alpha value is -1.60. The summed E-state index contributed by atoms with van der Waals surface area (Å²) in [5, 5.41) is 10.2. The Balaban J connectivity index is 0.00000176. The van der Waals surface area contributed by atoms with Gasteiger partial charge in [0.2, 0.25) is 11.8 Å². The number of halogens is 1. The molecule has 8 heteroatoms. The third-order valence-corrected chi connectivity index (χ3v) is 4.14. The quantitative estimate of drug-likeness (QED) is 0.828. The lowest BCUT2D eigenvalue weighted by molar-refractivity contribution is -0.126. The average molecular weight is 328 g/mol. The van der Waals surface area contributed by atoms with E-state index in [1.807, 2.05) is 13.2 Å². The van der Waals surface area contributed by atoms with Gasteiger partial charge in [-0.1, -0.05) is 0 Å². The highest BCUT2D eigenvalue weighted by atomic mass is 35.5. The van der Waals surface area contributed by atoms with Crippen LogP contribution in [0, 0.1) is 0 Å². The van der Waals surface area contributed by atoms with Gasteiger partial charge in [0.15, 0.2) is 0 Å². The number of nitrogens with one attached hydrogen (secondary N) is 2. The average Bonchev–Trinajstić information content (AvgIpc) is 3.14. The number of carbonyl (C=O) groups excluding carboxylic acids is 2. The number of amides is 2. The Bertz CT molecular complexity index is 541. The molecule has 2 aliphatic rings. The summed E-state index contributed by atoms with van der Waals surface area (Å²) in [5.74, 6) is -0.0866. The summed E-state index contributed by atoms with van der Waals surface area (Å²) in [6.07, 6.45) is 6.74. The van der Waals surface area contributed by atoms with Crippen LogP contribution >= 0.6 is 12.4 Å². The van der Waals surface area contributed by atoms with Crippen LogP contribution in [0.15, 0.2) is 12.4 Å². The van der Waals surface area contributed by atoms with E-state index in [0.717, 1.165) is 25.1 Å². The summed E-state index contributed by atoms with van der Waals surface area (Å²) in [5.41, 5.74) is 0.789. The maximum atomic E-state index is 12.3.